The van der Waals surface area contributed by atoms with Gasteiger partial charge in [0.2, 0.25) is 0 Å². The summed E-state index contributed by atoms with van der Waals surface area (Å²) in [5.74, 6) is 0.435. The Hall–Kier alpha value is -0.170. The molecule has 5 nitrogen and oxygen atoms in total. The monoisotopic (exact) mass is 265 g/mol. The third-order valence-electron chi connectivity index (χ3n) is 2.87. The van der Waals surface area contributed by atoms with Gasteiger partial charge in [0.15, 0.2) is 9.84 Å². The number of rotatable bonds is 8. The highest BCUT2D eigenvalue weighted by atomic mass is 32.2. The van der Waals surface area contributed by atoms with E-state index in [0.29, 0.717) is 25.6 Å². The van der Waals surface area contributed by atoms with E-state index < -0.39 is 9.84 Å². The fourth-order valence-electron chi connectivity index (χ4n) is 1.85. The lowest BCUT2D eigenvalue weighted by atomic mass is 10.1. The van der Waals surface area contributed by atoms with Crippen molar-refractivity contribution in [3.8, 4) is 0 Å². The van der Waals surface area contributed by atoms with Crippen LogP contribution in [0.5, 0.6) is 0 Å². The van der Waals surface area contributed by atoms with Crippen LogP contribution in [0, 0.1) is 0 Å². The minimum Gasteiger partial charge on any atom is -0.385 e. The molecule has 0 aromatic rings. The Morgan fingerprint density at radius 3 is 2.65 bits per heavy atom. The Labute approximate surface area is 104 Å². The lowest BCUT2D eigenvalue weighted by Gasteiger charge is -2.23. The van der Waals surface area contributed by atoms with Crippen molar-refractivity contribution in [1.82, 2.24) is 5.32 Å². The zero-order valence-electron chi connectivity index (χ0n) is 10.5. The van der Waals surface area contributed by atoms with Gasteiger partial charge < -0.3 is 14.8 Å². The molecule has 0 aromatic heterocycles. The van der Waals surface area contributed by atoms with Gasteiger partial charge in [0.1, 0.15) is 0 Å². The van der Waals surface area contributed by atoms with Gasteiger partial charge in [-0.2, -0.15) is 0 Å². The third-order valence-corrected chi connectivity index (χ3v) is 4.61. The molecule has 0 aromatic carbocycles. The van der Waals surface area contributed by atoms with Crippen molar-refractivity contribution < 1.29 is 17.9 Å². The number of hydrogen-bond acceptors (Lipinski definition) is 5. The summed E-state index contributed by atoms with van der Waals surface area (Å²) >= 11 is 0. The van der Waals surface area contributed by atoms with Gasteiger partial charge in [-0.05, 0) is 19.3 Å². The molecule has 1 N–H and O–H groups in total. The molecule has 6 heteroatoms. The first-order valence-corrected chi connectivity index (χ1v) is 7.97. The first-order valence-electron chi connectivity index (χ1n) is 6.14. The average molecular weight is 265 g/mol. The first-order chi connectivity index (χ1) is 8.14. The van der Waals surface area contributed by atoms with Crippen molar-refractivity contribution in [1.29, 1.82) is 0 Å². The standard InChI is InChI=1S/C11H23NO4S/c1-15-6-2-9-17(13,14)10-5-12-11-3-7-16-8-4-11/h11-12H,2-10H2,1H3. The largest absolute Gasteiger partial charge is 0.385 e. The molecule has 0 spiro atoms. The Bertz CT molecular complexity index is 286. The molecule has 102 valence electrons. The minimum atomic E-state index is -2.93. The number of nitrogens with one attached hydrogen (secondary N) is 1. The topological polar surface area (TPSA) is 64.6 Å². The molecule has 1 rings (SSSR count). The van der Waals surface area contributed by atoms with Crippen LogP contribution < -0.4 is 5.32 Å². The maximum atomic E-state index is 11.6. The molecule has 1 aliphatic heterocycles. The molecule has 17 heavy (non-hydrogen) atoms. The van der Waals surface area contributed by atoms with Gasteiger partial charge in [-0.25, -0.2) is 8.42 Å². The molecular weight excluding hydrogens is 242 g/mol. The van der Waals surface area contributed by atoms with E-state index in [4.69, 9.17) is 9.47 Å². The van der Waals surface area contributed by atoms with Crippen LogP contribution in [0.4, 0.5) is 0 Å². The summed E-state index contributed by atoms with van der Waals surface area (Å²) in [4.78, 5) is 0. The molecule has 1 fully saturated rings. The summed E-state index contributed by atoms with van der Waals surface area (Å²) in [6, 6.07) is 0.415. The quantitative estimate of drug-likeness (QED) is 0.635. The molecule has 0 atom stereocenters. The van der Waals surface area contributed by atoms with E-state index >= 15 is 0 Å². The molecule has 0 aliphatic carbocycles. The van der Waals surface area contributed by atoms with E-state index in [1.807, 2.05) is 0 Å². The summed E-state index contributed by atoms with van der Waals surface area (Å²) in [5.41, 5.74) is 0. The zero-order valence-corrected chi connectivity index (χ0v) is 11.3. The molecule has 1 saturated heterocycles. The van der Waals surface area contributed by atoms with E-state index in [0.717, 1.165) is 26.1 Å². The molecule has 0 unspecified atom stereocenters. The Kier molecular flexibility index (Phi) is 7.03. The molecule has 1 aliphatic rings. The highest BCUT2D eigenvalue weighted by Crippen LogP contribution is 2.05. The smallest absolute Gasteiger partial charge is 0.151 e. The summed E-state index contributed by atoms with van der Waals surface area (Å²) in [6.45, 7) is 2.60. The Morgan fingerprint density at radius 1 is 1.29 bits per heavy atom. The van der Waals surface area contributed by atoms with Crippen LogP contribution in [-0.2, 0) is 19.3 Å². The van der Waals surface area contributed by atoms with Crippen LogP contribution in [0.25, 0.3) is 0 Å². The van der Waals surface area contributed by atoms with Gasteiger partial charge in [-0.3, -0.25) is 0 Å². The highest BCUT2D eigenvalue weighted by Gasteiger charge is 2.15. The second kappa shape index (κ2) is 8.02. The van der Waals surface area contributed by atoms with Crippen molar-refractivity contribution in [3.63, 3.8) is 0 Å². The lowest BCUT2D eigenvalue weighted by Crippen LogP contribution is -2.37. The Balaban J connectivity index is 2.11. The maximum absolute atomic E-state index is 11.6. The summed E-state index contributed by atoms with van der Waals surface area (Å²) in [6.07, 6.45) is 2.53. The van der Waals surface area contributed by atoms with Crippen LogP contribution in [0.1, 0.15) is 19.3 Å². The average Bonchev–Trinajstić information content (AvgIpc) is 2.30. The van der Waals surface area contributed by atoms with Crippen molar-refractivity contribution >= 4 is 9.84 Å². The van der Waals surface area contributed by atoms with Crippen LogP contribution in [0.15, 0.2) is 0 Å². The van der Waals surface area contributed by atoms with Gasteiger partial charge in [-0.1, -0.05) is 0 Å². The zero-order chi connectivity index (χ0) is 12.6. The summed E-state index contributed by atoms with van der Waals surface area (Å²) in [7, 11) is -1.35. The number of sulfone groups is 1. The predicted molar refractivity (Wildman–Crippen MR) is 67.0 cm³/mol. The molecule has 0 saturated carbocycles. The van der Waals surface area contributed by atoms with Gasteiger partial charge in [0.05, 0.1) is 11.5 Å². The Morgan fingerprint density at radius 2 is 2.00 bits per heavy atom. The fourth-order valence-corrected chi connectivity index (χ4v) is 3.04. The van der Waals surface area contributed by atoms with Crippen LogP contribution >= 0.6 is 0 Å². The van der Waals surface area contributed by atoms with E-state index in [2.05, 4.69) is 5.32 Å². The first kappa shape index (κ1) is 14.9. The molecule has 0 radical (unpaired) electrons. The molecule has 1 heterocycles. The molecule has 0 amide bonds. The van der Waals surface area contributed by atoms with Crippen molar-refractivity contribution in [2.75, 3.05) is 45.0 Å². The SMILES string of the molecule is COCCCS(=O)(=O)CCNC1CCOCC1. The van der Waals surface area contributed by atoms with Gasteiger partial charge >= 0.3 is 0 Å². The fraction of sp³-hybridized carbons (Fsp3) is 1.00. The molecular formula is C11H23NO4S. The van der Waals surface area contributed by atoms with Crippen LogP contribution in [-0.4, -0.2) is 59.4 Å². The van der Waals surface area contributed by atoms with E-state index in [1.165, 1.54) is 0 Å². The van der Waals surface area contributed by atoms with E-state index in [9.17, 15) is 8.42 Å². The van der Waals surface area contributed by atoms with Crippen molar-refractivity contribution in [2.24, 2.45) is 0 Å². The lowest BCUT2D eigenvalue weighted by molar-refractivity contribution is 0.0785. The number of ether oxygens (including phenoxy) is 2. The molecule has 0 bridgehead atoms. The second-order valence-corrected chi connectivity index (χ2v) is 6.64. The summed E-state index contributed by atoms with van der Waals surface area (Å²) < 4.78 is 33.3. The van der Waals surface area contributed by atoms with E-state index in [-0.39, 0.29) is 11.5 Å². The summed E-state index contributed by atoms with van der Waals surface area (Å²) in [5, 5.41) is 3.28. The minimum absolute atomic E-state index is 0.216. The van der Waals surface area contributed by atoms with Gasteiger partial charge in [0, 0.05) is 39.5 Å². The highest BCUT2D eigenvalue weighted by molar-refractivity contribution is 7.91. The van der Waals surface area contributed by atoms with Crippen LogP contribution in [0.3, 0.4) is 0 Å². The second-order valence-electron chi connectivity index (χ2n) is 4.34. The normalized spacial score (nSPS) is 18.4. The number of hydrogen-bond donors (Lipinski definition) is 1. The third kappa shape index (κ3) is 6.98. The number of methoxy groups -OCH3 is 1. The van der Waals surface area contributed by atoms with Crippen LogP contribution in [0.2, 0.25) is 0 Å². The maximum Gasteiger partial charge on any atom is 0.151 e. The van der Waals surface area contributed by atoms with Gasteiger partial charge in [0.25, 0.3) is 0 Å². The van der Waals surface area contributed by atoms with E-state index in [1.54, 1.807) is 7.11 Å². The predicted octanol–water partition coefficient (Wildman–Crippen LogP) is 0.206. The van der Waals surface area contributed by atoms with Crippen molar-refractivity contribution in [3.05, 3.63) is 0 Å². The van der Waals surface area contributed by atoms with Crippen molar-refractivity contribution in [2.45, 2.75) is 25.3 Å². The van der Waals surface area contributed by atoms with Gasteiger partial charge in [-0.15, -0.1) is 0 Å².